The van der Waals surface area contributed by atoms with Crippen molar-refractivity contribution in [1.82, 2.24) is 0 Å². The maximum absolute atomic E-state index is 6.65. The van der Waals surface area contributed by atoms with Crippen LogP contribution >= 0.6 is 0 Å². The average molecular weight is 817 g/mol. The Kier molecular flexibility index (Phi) is 15.9. The molecule has 2 heteroatoms. The molecule has 0 bridgehead atoms. The summed E-state index contributed by atoms with van der Waals surface area (Å²) in [7, 11) is 0. The Morgan fingerprint density at radius 1 is 0.361 bits per heavy atom. The Labute approximate surface area is 370 Å². The molecular formula is C59H76O2. The number of rotatable bonds is 26. The molecule has 324 valence electrons. The normalized spacial score (nSPS) is 14.0. The fourth-order valence-electron chi connectivity index (χ4n) is 11.1. The summed E-state index contributed by atoms with van der Waals surface area (Å²) in [5, 5.41) is 0. The third kappa shape index (κ3) is 10.2. The quantitative estimate of drug-likeness (QED) is 0.0518. The molecule has 5 aromatic rings. The van der Waals surface area contributed by atoms with Crippen LogP contribution in [0.5, 0.6) is 11.5 Å². The van der Waals surface area contributed by atoms with Crippen molar-refractivity contribution in [2.24, 2.45) is 0 Å². The molecule has 0 atom stereocenters. The number of fused-ring (bicyclic) bond motifs is 6. The molecule has 0 spiro atoms. The highest BCUT2D eigenvalue weighted by Crippen LogP contribution is 2.56. The summed E-state index contributed by atoms with van der Waals surface area (Å²) in [6, 6.07) is 39.3. The van der Waals surface area contributed by atoms with E-state index >= 15 is 0 Å². The number of benzene rings is 5. The van der Waals surface area contributed by atoms with Crippen LogP contribution in [0.3, 0.4) is 0 Å². The molecule has 0 radical (unpaired) electrons. The highest BCUT2D eigenvalue weighted by atomic mass is 16.5. The Balaban J connectivity index is 1.09. The highest BCUT2D eigenvalue weighted by Gasteiger charge is 2.43. The first-order valence-electron chi connectivity index (χ1n) is 24.8. The van der Waals surface area contributed by atoms with Crippen molar-refractivity contribution >= 4 is 0 Å². The van der Waals surface area contributed by atoms with Crippen LogP contribution in [-0.2, 0) is 24.0 Å². The van der Waals surface area contributed by atoms with Crippen LogP contribution in [0.1, 0.15) is 195 Å². The standard InChI is InChI=1S/C59H76O2/c1-6-10-14-22-34-58(35-23-15-11-7-2)54-28-20-18-26-50(54)52-32-30-46(40-56(52)58)43-60-48-38-45(5)39-49(42-48)61-44-47-31-33-53-51-27-19-21-29-55(51)59(57(53)41-47,36-24-16-12-8-3)37-25-17-13-9-4/h18-21,26-33,38-42H,6-17,22-25,34-37,43-44H2,1-5H3. The van der Waals surface area contributed by atoms with Crippen LogP contribution in [0, 0.1) is 6.92 Å². The van der Waals surface area contributed by atoms with Crippen LogP contribution in [0.15, 0.2) is 103 Å². The summed E-state index contributed by atoms with van der Waals surface area (Å²) < 4.78 is 13.3. The summed E-state index contributed by atoms with van der Waals surface area (Å²) in [4.78, 5) is 0. The molecule has 2 aliphatic carbocycles. The van der Waals surface area contributed by atoms with Crippen LogP contribution in [-0.4, -0.2) is 0 Å². The highest BCUT2D eigenvalue weighted by molar-refractivity contribution is 5.82. The first kappa shape index (κ1) is 44.7. The maximum Gasteiger partial charge on any atom is 0.123 e. The summed E-state index contributed by atoms with van der Waals surface area (Å²) in [5.41, 5.74) is 15.7. The fraction of sp³-hybridized carbons (Fsp3) is 0.492. The zero-order chi connectivity index (χ0) is 42.5. The van der Waals surface area contributed by atoms with E-state index in [0.717, 1.165) is 17.1 Å². The zero-order valence-corrected chi connectivity index (χ0v) is 38.7. The minimum absolute atomic E-state index is 0.0812. The molecule has 0 saturated heterocycles. The predicted octanol–water partition coefficient (Wildman–Crippen LogP) is 17.6. The van der Waals surface area contributed by atoms with E-state index in [9.17, 15) is 0 Å². The number of hydrogen-bond donors (Lipinski definition) is 0. The van der Waals surface area contributed by atoms with Crippen LogP contribution in [0.2, 0.25) is 0 Å². The average Bonchev–Trinajstić information content (AvgIpc) is 3.71. The van der Waals surface area contributed by atoms with Gasteiger partial charge >= 0.3 is 0 Å². The van der Waals surface area contributed by atoms with Crippen molar-refractivity contribution in [3.05, 3.63) is 142 Å². The van der Waals surface area contributed by atoms with Gasteiger partial charge in [-0.3, -0.25) is 0 Å². The second kappa shape index (κ2) is 21.7. The van der Waals surface area contributed by atoms with E-state index in [1.807, 2.05) is 0 Å². The molecule has 0 aromatic heterocycles. The molecule has 7 rings (SSSR count). The monoisotopic (exact) mass is 817 g/mol. The lowest BCUT2D eigenvalue weighted by Gasteiger charge is -2.33. The number of hydrogen-bond acceptors (Lipinski definition) is 2. The van der Waals surface area contributed by atoms with Crippen LogP contribution in [0.4, 0.5) is 0 Å². The molecule has 2 nitrogen and oxygen atoms in total. The molecule has 61 heavy (non-hydrogen) atoms. The molecule has 0 saturated carbocycles. The lowest BCUT2D eigenvalue weighted by Crippen LogP contribution is -2.25. The lowest BCUT2D eigenvalue weighted by molar-refractivity contribution is 0.289. The number of unbranched alkanes of at least 4 members (excludes halogenated alkanes) is 12. The molecule has 0 amide bonds. The predicted molar refractivity (Wildman–Crippen MR) is 260 cm³/mol. The van der Waals surface area contributed by atoms with E-state index in [1.54, 1.807) is 11.1 Å². The lowest BCUT2D eigenvalue weighted by atomic mass is 9.70. The Morgan fingerprint density at radius 2 is 0.721 bits per heavy atom. The van der Waals surface area contributed by atoms with Crippen molar-refractivity contribution < 1.29 is 9.47 Å². The maximum atomic E-state index is 6.65. The van der Waals surface area contributed by atoms with Gasteiger partial charge in [0.25, 0.3) is 0 Å². The molecule has 0 fully saturated rings. The molecule has 0 N–H and O–H groups in total. The first-order valence-corrected chi connectivity index (χ1v) is 24.8. The minimum atomic E-state index is 0.0812. The van der Waals surface area contributed by atoms with Crippen molar-refractivity contribution in [3.8, 4) is 33.8 Å². The van der Waals surface area contributed by atoms with Gasteiger partial charge in [-0.1, -0.05) is 215 Å². The summed E-state index contributed by atoms with van der Waals surface area (Å²) in [5.74, 6) is 1.73. The summed E-state index contributed by atoms with van der Waals surface area (Å²) in [6.45, 7) is 12.5. The Bertz CT molecular complexity index is 1980. The molecule has 0 heterocycles. The first-order chi connectivity index (χ1) is 30.0. The smallest absolute Gasteiger partial charge is 0.123 e. The molecule has 5 aromatic carbocycles. The van der Waals surface area contributed by atoms with Gasteiger partial charge in [-0.2, -0.15) is 0 Å². The zero-order valence-electron chi connectivity index (χ0n) is 38.7. The fourth-order valence-corrected chi connectivity index (χ4v) is 11.1. The number of ether oxygens (including phenoxy) is 2. The van der Waals surface area contributed by atoms with Crippen LogP contribution < -0.4 is 9.47 Å². The van der Waals surface area contributed by atoms with Crippen molar-refractivity contribution in [3.63, 3.8) is 0 Å². The third-order valence-electron chi connectivity index (χ3n) is 14.3. The van der Waals surface area contributed by atoms with E-state index in [-0.39, 0.29) is 10.8 Å². The van der Waals surface area contributed by atoms with Gasteiger partial charge in [-0.25, -0.2) is 0 Å². The van der Waals surface area contributed by atoms with Gasteiger partial charge in [-0.05, 0) is 106 Å². The van der Waals surface area contributed by atoms with Gasteiger partial charge in [0.15, 0.2) is 0 Å². The minimum Gasteiger partial charge on any atom is -0.489 e. The van der Waals surface area contributed by atoms with Gasteiger partial charge in [-0.15, -0.1) is 0 Å². The second-order valence-electron chi connectivity index (χ2n) is 18.8. The van der Waals surface area contributed by atoms with Crippen molar-refractivity contribution in [2.45, 2.75) is 187 Å². The Morgan fingerprint density at radius 3 is 1.10 bits per heavy atom. The Hall–Kier alpha value is -4.30. The van der Waals surface area contributed by atoms with E-state index in [0.29, 0.717) is 13.2 Å². The van der Waals surface area contributed by atoms with Gasteiger partial charge in [0.05, 0.1) is 0 Å². The van der Waals surface area contributed by atoms with E-state index in [1.165, 1.54) is 173 Å². The SMILES string of the molecule is CCCCCCC1(CCCCCC)c2ccccc2-c2ccc(COc3cc(C)cc(OCc4ccc5c(c4)C(CCCCCC)(CCCCCC)c4ccccc4-5)c3)cc21. The second-order valence-corrected chi connectivity index (χ2v) is 18.8. The molecule has 0 unspecified atom stereocenters. The molecule has 0 aliphatic heterocycles. The number of aryl methyl sites for hydroxylation is 1. The largest absolute Gasteiger partial charge is 0.489 e. The van der Waals surface area contributed by atoms with Gasteiger partial charge in [0.2, 0.25) is 0 Å². The van der Waals surface area contributed by atoms with E-state index in [4.69, 9.17) is 9.47 Å². The molecular weight excluding hydrogens is 741 g/mol. The van der Waals surface area contributed by atoms with Gasteiger partial charge in [0, 0.05) is 16.9 Å². The summed E-state index contributed by atoms with van der Waals surface area (Å²) >= 11 is 0. The van der Waals surface area contributed by atoms with Crippen molar-refractivity contribution in [1.29, 1.82) is 0 Å². The topological polar surface area (TPSA) is 18.5 Å². The van der Waals surface area contributed by atoms with Crippen molar-refractivity contribution in [2.75, 3.05) is 0 Å². The van der Waals surface area contributed by atoms with E-state index in [2.05, 4.69) is 138 Å². The van der Waals surface area contributed by atoms with Gasteiger partial charge in [0.1, 0.15) is 24.7 Å². The van der Waals surface area contributed by atoms with Crippen LogP contribution in [0.25, 0.3) is 22.3 Å². The summed E-state index contributed by atoms with van der Waals surface area (Å²) in [6.07, 6.45) is 25.6. The molecule has 2 aliphatic rings. The van der Waals surface area contributed by atoms with Gasteiger partial charge < -0.3 is 9.47 Å². The third-order valence-corrected chi connectivity index (χ3v) is 14.3. The van der Waals surface area contributed by atoms with E-state index < -0.39 is 0 Å².